The van der Waals surface area contributed by atoms with Crippen molar-refractivity contribution in [3.63, 3.8) is 0 Å². The number of hydrogen-bond acceptors (Lipinski definition) is 3. The first-order valence-electron chi connectivity index (χ1n) is 6.57. The first-order valence-corrected chi connectivity index (χ1v) is 6.57. The predicted octanol–water partition coefficient (Wildman–Crippen LogP) is 1.34. The largest absolute Gasteiger partial charge is 0.480 e. The van der Waals surface area contributed by atoms with Gasteiger partial charge < -0.3 is 15.3 Å². The molecule has 2 heterocycles. The van der Waals surface area contributed by atoms with Crippen LogP contribution in [0.15, 0.2) is 18.2 Å². The molecule has 0 unspecified atom stereocenters. The number of nitrogens with zero attached hydrogens (tertiary/aromatic N) is 1. The Morgan fingerprint density at radius 3 is 3.00 bits per heavy atom. The molecule has 5 nitrogen and oxygen atoms in total. The molecule has 19 heavy (non-hydrogen) atoms. The third-order valence-corrected chi connectivity index (χ3v) is 3.86. The minimum atomic E-state index is -0.909. The maximum Gasteiger partial charge on any atom is 0.326 e. The number of benzene rings is 1. The van der Waals surface area contributed by atoms with E-state index in [9.17, 15) is 9.59 Å². The van der Waals surface area contributed by atoms with Gasteiger partial charge in [0.25, 0.3) is 5.91 Å². The summed E-state index contributed by atoms with van der Waals surface area (Å²) in [5.41, 5.74) is 2.81. The summed E-state index contributed by atoms with van der Waals surface area (Å²) in [6.07, 6.45) is 2.22. The molecule has 3 rings (SSSR count). The number of carboxylic acid groups (broad SMARTS) is 1. The summed E-state index contributed by atoms with van der Waals surface area (Å²) in [6.45, 7) is 1.43. The fourth-order valence-electron chi connectivity index (χ4n) is 2.87. The first kappa shape index (κ1) is 12.0. The lowest BCUT2D eigenvalue weighted by atomic mass is 10.1. The second-order valence-electron chi connectivity index (χ2n) is 5.04. The normalized spacial score (nSPS) is 21.1. The van der Waals surface area contributed by atoms with Crippen LogP contribution in [0, 0.1) is 0 Å². The van der Waals surface area contributed by atoms with E-state index in [1.165, 1.54) is 4.90 Å². The van der Waals surface area contributed by atoms with Gasteiger partial charge >= 0.3 is 5.97 Å². The van der Waals surface area contributed by atoms with Gasteiger partial charge in [0.05, 0.1) is 0 Å². The van der Waals surface area contributed by atoms with Crippen molar-refractivity contribution in [3.05, 3.63) is 29.3 Å². The summed E-state index contributed by atoms with van der Waals surface area (Å²) in [5.74, 6) is -1.08. The Labute approximate surface area is 111 Å². The molecule has 1 aromatic carbocycles. The summed E-state index contributed by atoms with van der Waals surface area (Å²) >= 11 is 0. The standard InChI is InChI=1S/C14H16N2O3/c17-13(16-7-1-2-12(16)14(18)19)10-3-4-11-9(8-10)5-6-15-11/h3-4,8,12,15H,1-2,5-7H2,(H,18,19)/t12-/m0/s1. The Balaban J connectivity index is 1.85. The number of carboxylic acids is 1. The molecule has 0 radical (unpaired) electrons. The molecule has 1 saturated heterocycles. The maximum absolute atomic E-state index is 12.4. The van der Waals surface area contributed by atoms with E-state index >= 15 is 0 Å². The minimum absolute atomic E-state index is 0.167. The average Bonchev–Trinajstić information content (AvgIpc) is 3.05. The van der Waals surface area contributed by atoms with Crippen LogP contribution in [0.2, 0.25) is 0 Å². The molecule has 2 aliphatic rings. The molecule has 2 N–H and O–H groups in total. The quantitative estimate of drug-likeness (QED) is 0.842. The molecule has 0 bridgehead atoms. The molecule has 1 amide bonds. The van der Waals surface area contributed by atoms with Gasteiger partial charge in [-0.2, -0.15) is 0 Å². The molecule has 5 heteroatoms. The number of aliphatic carboxylic acids is 1. The van der Waals surface area contributed by atoms with Gasteiger partial charge in [-0.05, 0) is 43.0 Å². The summed E-state index contributed by atoms with van der Waals surface area (Å²) in [4.78, 5) is 25.0. The van der Waals surface area contributed by atoms with Crippen molar-refractivity contribution in [1.82, 2.24) is 4.90 Å². The number of nitrogens with one attached hydrogen (secondary N) is 1. The zero-order valence-electron chi connectivity index (χ0n) is 10.6. The molecule has 100 valence electrons. The molecule has 1 atom stereocenters. The molecule has 0 spiro atoms. The van der Waals surface area contributed by atoms with Gasteiger partial charge in [0.15, 0.2) is 0 Å². The van der Waals surface area contributed by atoms with Gasteiger partial charge in [0.2, 0.25) is 0 Å². The number of likely N-dealkylation sites (tertiary alicyclic amines) is 1. The Bertz CT molecular complexity index is 541. The van der Waals surface area contributed by atoms with Crippen molar-refractivity contribution < 1.29 is 14.7 Å². The fourth-order valence-corrected chi connectivity index (χ4v) is 2.87. The number of rotatable bonds is 2. The number of hydrogen-bond donors (Lipinski definition) is 2. The molecule has 1 fully saturated rings. The van der Waals surface area contributed by atoms with Gasteiger partial charge in [-0.15, -0.1) is 0 Å². The van der Waals surface area contributed by atoms with Gasteiger partial charge in [-0.3, -0.25) is 4.79 Å². The molecule has 0 aromatic heterocycles. The number of amides is 1. The highest BCUT2D eigenvalue weighted by Crippen LogP contribution is 2.26. The molecule has 0 saturated carbocycles. The van der Waals surface area contributed by atoms with E-state index in [-0.39, 0.29) is 5.91 Å². The highest BCUT2D eigenvalue weighted by molar-refractivity contribution is 5.97. The van der Waals surface area contributed by atoms with Gasteiger partial charge in [0.1, 0.15) is 6.04 Å². The van der Waals surface area contributed by atoms with Crippen molar-refractivity contribution >= 4 is 17.6 Å². The lowest BCUT2D eigenvalue weighted by Crippen LogP contribution is -2.40. The number of fused-ring (bicyclic) bond motifs is 1. The van der Waals surface area contributed by atoms with Gasteiger partial charge in [0, 0.05) is 24.3 Å². The van der Waals surface area contributed by atoms with Crippen LogP contribution in [0.4, 0.5) is 5.69 Å². The topological polar surface area (TPSA) is 69.6 Å². The van der Waals surface area contributed by atoms with E-state index in [0.717, 1.165) is 30.6 Å². The molecule has 0 aliphatic carbocycles. The van der Waals surface area contributed by atoms with E-state index in [2.05, 4.69) is 5.32 Å². The Kier molecular flexibility index (Phi) is 2.89. The SMILES string of the molecule is O=C(O)[C@@H]1CCCN1C(=O)c1ccc2c(c1)CCN2. The third-order valence-electron chi connectivity index (χ3n) is 3.86. The van der Waals surface area contributed by atoms with Crippen LogP contribution in [0.25, 0.3) is 0 Å². The van der Waals surface area contributed by atoms with Crippen LogP contribution in [-0.4, -0.2) is 41.0 Å². The number of anilines is 1. The summed E-state index contributed by atoms with van der Waals surface area (Å²) in [7, 11) is 0. The second-order valence-corrected chi connectivity index (χ2v) is 5.04. The third kappa shape index (κ3) is 2.05. The first-order chi connectivity index (χ1) is 9.16. The van der Waals surface area contributed by atoms with E-state index in [4.69, 9.17) is 5.11 Å². The number of carbonyl (C=O) groups excluding carboxylic acids is 1. The highest BCUT2D eigenvalue weighted by Gasteiger charge is 2.34. The van der Waals surface area contributed by atoms with Crippen molar-refractivity contribution in [2.75, 3.05) is 18.4 Å². The Morgan fingerprint density at radius 2 is 2.21 bits per heavy atom. The highest BCUT2D eigenvalue weighted by atomic mass is 16.4. The van der Waals surface area contributed by atoms with Crippen LogP contribution in [0.3, 0.4) is 0 Å². The monoisotopic (exact) mass is 260 g/mol. The molecule has 1 aromatic rings. The van der Waals surface area contributed by atoms with Crippen molar-refractivity contribution in [2.24, 2.45) is 0 Å². The average molecular weight is 260 g/mol. The van der Waals surface area contributed by atoms with Crippen LogP contribution in [0.1, 0.15) is 28.8 Å². The predicted molar refractivity (Wildman–Crippen MR) is 70.3 cm³/mol. The second kappa shape index (κ2) is 4.57. The Morgan fingerprint density at radius 1 is 1.37 bits per heavy atom. The zero-order chi connectivity index (χ0) is 13.4. The van der Waals surface area contributed by atoms with Crippen molar-refractivity contribution in [1.29, 1.82) is 0 Å². The Hall–Kier alpha value is -2.04. The lowest BCUT2D eigenvalue weighted by Gasteiger charge is -2.21. The number of carbonyl (C=O) groups is 2. The maximum atomic E-state index is 12.4. The fraction of sp³-hybridized carbons (Fsp3) is 0.429. The van der Waals surface area contributed by atoms with Crippen LogP contribution >= 0.6 is 0 Å². The zero-order valence-corrected chi connectivity index (χ0v) is 10.6. The van der Waals surface area contributed by atoms with Crippen molar-refractivity contribution in [3.8, 4) is 0 Å². The van der Waals surface area contributed by atoms with E-state index < -0.39 is 12.0 Å². The van der Waals surface area contributed by atoms with Crippen LogP contribution < -0.4 is 5.32 Å². The van der Waals surface area contributed by atoms with E-state index in [0.29, 0.717) is 18.5 Å². The summed E-state index contributed by atoms with van der Waals surface area (Å²) < 4.78 is 0. The van der Waals surface area contributed by atoms with Crippen LogP contribution in [-0.2, 0) is 11.2 Å². The molecule has 2 aliphatic heterocycles. The molecular formula is C14H16N2O3. The molecular weight excluding hydrogens is 244 g/mol. The lowest BCUT2D eigenvalue weighted by molar-refractivity contribution is -0.141. The summed E-state index contributed by atoms with van der Waals surface area (Å²) in [6, 6.07) is 4.89. The van der Waals surface area contributed by atoms with E-state index in [1.807, 2.05) is 12.1 Å². The van der Waals surface area contributed by atoms with E-state index in [1.54, 1.807) is 6.07 Å². The minimum Gasteiger partial charge on any atom is -0.480 e. The smallest absolute Gasteiger partial charge is 0.326 e. The summed E-state index contributed by atoms with van der Waals surface area (Å²) in [5, 5.41) is 12.4. The van der Waals surface area contributed by atoms with Gasteiger partial charge in [-0.25, -0.2) is 4.79 Å². The van der Waals surface area contributed by atoms with Crippen LogP contribution in [0.5, 0.6) is 0 Å². The van der Waals surface area contributed by atoms with Gasteiger partial charge in [-0.1, -0.05) is 0 Å². The van der Waals surface area contributed by atoms with Crippen molar-refractivity contribution in [2.45, 2.75) is 25.3 Å².